The normalized spacial score (nSPS) is 11.5. The van der Waals surface area contributed by atoms with E-state index in [2.05, 4.69) is 59.1 Å². The van der Waals surface area contributed by atoms with E-state index in [-0.39, 0.29) is 42.0 Å². The van der Waals surface area contributed by atoms with Gasteiger partial charge in [-0.25, -0.2) is 4.99 Å². The van der Waals surface area contributed by atoms with Crippen LogP contribution in [-0.4, -0.2) is 30.5 Å². The summed E-state index contributed by atoms with van der Waals surface area (Å²) in [7, 11) is 0. The summed E-state index contributed by atoms with van der Waals surface area (Å²) in [5.74, 6) is 0.635. The van der Waals surface area contributed by atoms with Gasteiger partial charge in [0.05, 0.1) is 13.1 Å². The summed E-state index contributed by atoms with van der Waals surface area (Å²) < 4.78 is 0. The van der Waals surface area contributed by atoms with E-state index in [9.17, 15) is 4.79 Å². The number of hydrogen-bond donors (Lipinski definition) is 3. The minimum absolute atomic E-state index is 0. The number of amides is 1. The monoisotopic (exact) mass is 460 g/mol. The van der Waals surface area contributed by atoms with Crippen LogP contribution in [0.15, 0.2) is 29.3 Å². The number of benzene rings is 1. The summed E-state index contributed by atoms with van der Waals surface area (Å²) in [5, 5.41) is 9.33. The maximum Gasteiger partial charge on any atom is 0.239 e. The molecule has 0 aliphatic heterocycles. The quantitative estimate of drug-likeness (QED) is 0.253. The maximum atomic E-state index is 11.9. The summed E-state index contributed by atoms with van der Waals surface area (Å²) in [6.07, 6.45) is 2.18. The summed E-state index contributed by atoms with van der Waals surface area (Å²) in [6.45, 7) is 11.8. The van der Waals surface area contributed by atoms with Gasteiger partial charge in [0.25, 0.3) is 0 Å². The van der Waals surface area contributed by atoms with Crippen LogP contribution < -0.4 is 16.0 Å². The van der Waals surface area contributed by atoms with Crippen LogP contribution >= 0.6 is 24.0 Å². The first-order valence-corrected chi connectivity index (χ1v) is 8.69. The number of unbranched alkanes of at least 4 members (excludes halogenated alkanes) is 1. The lowest BCUT2D eigenvalue weighted by atomic mass is 10.1. The van der Waals surface area contributed by atoms with Crippen molar-refractivity contribution in [3.05, 3.63) is 35.4 Å². The molecule has 1 aromatic carbocycles. The SMILES string of the molecule is CCCCNC(=NCc1ccc(C)cc1)NCC(=O)NC(C)(C)C.I. The molecule has 0 aliphatic rings. The Labute approximate surface area is 169 Å². The minimum atomic E-state index is -0.229. The molecule has 1 aromatic rings. The van der Waals surface area contributed by atoms with Crippen molar-refractivity contribution in [2.24, 2.45) is 4.99 Å². The first-order chi connectivity index (χ1) is 11.3. The highest BCUT2D eigenvalue weighted by Crippen LogP contribution is 2.04. The van der Waals surface area contributed by atoms with Crippen LogP contribution in [0.1, 0.15) is 51.7 Å². The molecule has 0 bridgehead atoms. The van der Waals surface area contributed by atoms with Gasteiger partial charge in [-0.1, -0.05) is 43.2 Å². The van der Waals surface area contributed by atoms with Crippen molar-refractivity contribution >= 4 is 35.8 Å². The molecule has 0 spiro atoms. The average molecular weight is 460 g/mol. The second kappa shape index (κ2) is 12.1. The van der Waals surface area contributed by atoms with Crippen LogP contribution in [-0.2, 0) is 11.3 Å². The van der Waals surface area contributed by atoms with Gasteiger partial charge in [-0.05, 0) is 39.7 Å². The van der Waals surface area contributed by atoms with Crippen molar-refractivity contribution < 1.29 is 4.79 Å². The molecular weight excluding hydrogens is 427 g/mol. The van der Waals surface area contributed by atoms with Crippen LogP contribution in [0.5, 0.6) is 0 Å². The molecule has 5 nitrogen and oxygen atoms in total. The summed E-state index contributed by atoms with van der Waals surface area (Å²) in [4.78, 5) is 16.5. The van der Waals surface area contributed by atoms with Gasteiger partial charge in [0, 0.05) is 12.1 Å². The highest BCUT2D eigenvalue weighted by atomic mass is 127. The van der Waals surface area contributed by atoms with Gasteiger partial charge in [-0.3, -0.25) is 4.79 Å². The molecule has 1 amide bonds. The number of rotatable bonds is 7. The topological polar surface area (TPSA) is 65.5 Å². The van der Waals surface area contributed by atoms with E-state index in [4.69, 9.17) is 0 Å². The number of aryl methyl sites for hydroxylation is 1. The van der Waals surface area contributed by atoms with Gasteiger partial charge >= 0.3 is 0 Å². The highest BCUT2D eigenvalue weighted by molar-refractivity contribution is 14.0. The van der Waals surface area contributed by atoms with E-state index in [0.717, 1.165) is 24.9 Å². The number of carbonyl (C=O) groups excluding carboxylic acids is 1. The van der Waals surface area contributed by atoms with Crippen molar-refractivity contribution in [1.82, 2.24) is 16.0 Å². The summed E-state index contributed by atoms with van der Waals surface area (Å²) >= 11 is 0. The Bertz CT molecular complexity index is 535. The zero-order chi connectivity index (χ0) is 18.0. The third-order valence-electron chi connectivity index (χ3n) is 3.29. The zero-order valence-corrected chi connectivity index (χ0v) is 18.4. The number of nitrogens with one attached hydrogen (secondary N) is 3. The molecule has 25 heavy (non-hydrogen) atoms. The molecular formula is C19H33IN4O. The largest absolute Gasteiger partial charge is 0.356 e. The molecule has 1 rings (SSSR count). The fourth-order valence-electron chi connectivity index (χ4n) is 2.05. The third-order valence-corrected chi connectivity index (χ3v) is 3.29. The Morgan fingerprint density at radius 1 is 1.12 bits per heavy atom. The van der Waals surface area contributed by atoms with E-state index in [1.54, 1.807) is 0 Å². The molecule has 0 aromatic heterocycles. The average Bonchev–Trinajstić information content (AvgIpc) is 2.49. The smallest absolute Gasteiger partial charge is 0.239 e. The predicted molar refractivity (Wildman–Crippen MR) is 117 cm³/mol. The van der Waals surface area contributed by atoms with E-state index in [1.807, 2.05) is 20.8 Å². The Balaban J connectivity index is 0.00000576. The van der Waals surface area contributed by atoms with Crippen molar-refractivity contribution in [1.29, 1.82) is 0 Å². The first-order valence-electron chi connectivity index (χ1n) is 8.69. The van der Waals surface area contributed by atoms with Gasteiger partial charge < -0.3 is 16.0 Å². The third kappa shape index (κ3) is 11.8. The van der Waals surface area contributed by atoms with E-state index >= 15 is 0 Å². The van der Waals surface area contributed by atoms with Gasteiger partial charge in [0.2, 0.25) is 5.91 Å². The second-order valence-electron chi connectivity index (χ2n) is 7.08. The number of aliphatic imine (C=N–C) groups is 1. The summed E-state index contributed by atoms with van der Waals surface area (Å²) in [5.41, 5.74) is 2.16. The standard InChI is InChI=1S/C19H32N4O.HI/c1-6-7-12-20-18(22-14-17(24)23-19(3,4)5)21-13-16-10-8-15(2)9-11-16;/h8-11H,6-7,12-14H2,1-5H3,(H,23,24)(H2,20,21,22);1H. The number of nitrogens with zero attached hydrogens (tertiary/aromatic N) is 1. The molecule has 0 radical (unpaired) electrons. The van der Waals surface area contributed by atoms with Crippen molar-refractivity contribution in [2.45, 2.75) is 59.5 Å². The molecule has 6 heteroatoms. The lowest BCUT2D eigenvalue weighted by Gasteiger charge is -2.21. The van der Waals surface area contributed by atoms with Crippen LogP contribution in [0.25, 0.3) is 0 Å². The fraction of sp³-hybridized carbons (Fsp3) is 0.579. The molecule has 142 valence electrons. The van der Waals surface area contributed by atoms with Gasteiger partial charge in [0.15, 0.2) is 5.96 Å². The Morgan fingerprint density at radius 3 is 2.32 bits per heavy atom. The Hall–Kier alpha value is -1.31. The van der Waals surface area contributed by atoms with Gasteiger partial charge in [-0.15, -0.1) is 24.0 Å². The zero-order valence-electron chi connectivity index (χ0n) is 16.1. The van der Waals surface area contributed by atoms with Crippen molar-refractivity contribution in [3.8, 4) is 0 Å². The minimum Gasteiger partial charge on any atom is -0.356 e. The van der Waals surface area contributed by atoms with Crippen LogP contribution in [0.3, 0.4) is 0 Å². The van der Waals surface area contributed by atoms with Crippen LogP contribution in [0.2, 0.25) is 0 Å². The number of carbonyl (C=O) groups is 1. The molecule has 0 unspecified atom stereocenters. The van der Waals surface area contributed by atoms with E-state index < -0.39 is 0 Å². The molecule has 0 fully saturated rings. The molecule has 0 saturated carbocycles. The Kier molecular flexibility index (Phi) is 11.5. The van der Waals surface area contributed by atoms with Crippen molar-refractivity contribution in [3.63, 3.8) is 0 Å². The van der Waals surface area contributed by atoms with Crippen molar-refractivity contribution in [2.75, 3.05) is 13.1 Å². The molecule has 0 atom stereocenters. The highest BCUT2D eigenvalue weighted by Gasteiger charge is 2.13. The molecule has 0 saturated heterocycles. The van der Waals surface area contributed by atoms with E-state index in [1.165, 1.54) is 5.56 Å². The first kappa shape index (κ1) is 23.7. The molecule has 3 N–H and O–H groups in total. The lowest BCUT2D eigenvalue weighted by molar-refractivity contribution is -0.121. The molecule has 0 heterocycles. The molecule has 0 aliphatic carbocycles. The maximum absolute atomic E-state index is 11.9. The summed E-state index contributed by atoms with van der Waals surface area (Å²) in [6, 6.07) is 8.32. The van der Waals surface area contributed by atoms with Crippen LogP contribution in [0.4, 0.5) is 0 Å². The number of hydrogen-bond acceptors (Lipinski definition) is 2. The van der Waals surface area contributed by atoms with Gasteiger partial charge in [0.1, 0.15) is 0 Å². The lowest BCUT2D eigenvalue weighted by Crippen LogP contribution is -2.48. The van der Waals surface area contributed by atoms with E-state index in [0.29, 0.717) is 12.5 Å². The van der Waals surface area contributed by atoms with Gasteiger partial charge in [-0.2, -0.15) is 0 Å². The fourth-order valence-corrected chi connectivity index (χ4v) is 2.05. The number of guanidine groups is 1. The predicted octanol–water partition coefficient (Wildman–Crippen LogP) is 3.36. The Morgan fingerprint density at radius 2 is 1.76 bits per heavy atom. The second-order valence-corrected chi connectivity index (χ2v) is 7.08. The van der Waals surface area contributed by atoms with Crippen LogP contribution in [0, 0.1) is 6.92 Å². The number of halogens is 1.